The van der Waals surface area contributed by atoms with Crippen molar-refractivity contribution in [3.8, 4) is 0 Å². The van der Waals surface area contributed by atoms with E-state index in [0.29, 0.717) is 15.7 Å². The van der Waals surface area contributed by atoms with Gasteiger partial charge in [-0.1, -0.05) is 53.2 Å². The highest BCUT2D eigenvalue weighted by atomic mass is 35.5. The van der Waals surface area contributed by atoms with E-state index in [1.54, 1.807) is 18.2 Å². The van der Waals surface area contributed by atoms with E-state index in [2.05, 4.69) is 5.32 Å². The second kappa shape index (κ2) is 5.72. The smallest absolute Gasteiger partial charge is 0.240 e. The lowest BCUT2D eigenvalue weighted by Gasteiger charge is -2.12. The van der Waals surface area contributed by atoms with Gasteiger partial charge in [-0.15, -0.1) is 0 Å². The van der Waals surface area contributed by atoms with Crippen molar-refractivity contribution in [1.29, 1.82) is 0 Å². The topological polar surface area (TPSA) is 46.2 Å². The summed E-state index contributed by atoms with van der Waals surface area (Å²) in [7, 11) is 0. The molecule has 2 aromatic rings. The zero-order valence-electron chi connectivity index (χ0n) is 10.6. The van der Waals surface area contributed by atoms with Crippen molar-refractivity contribution in [2.75, 3.05) is 5.32 Å². The molecule has 3 nitrogen and oxygen atoms in total. The number of fused-ring (bicyclic) bond motifs is 1. The fourth-order valence-electron chi connectivity index (χ4n) is 2.15. The van der Waals surface area contributed by atoms with Crippen molar-refractivity contribution in [3.63, 3.8) is 0 Å². The molecular formula is C15H9Cl2NO2S. The number of hydrogen-bond donors (Lipinski definition) is 1. The first-order valence-electron chi connectivity index (χ1n) is 6.13. The quantitative estimate of drug-likeness (QED) is 0.828. The summed E-state index contributed by atoms with van der Waals surface area (Å²) in [6.07, 6.45) is 0. The zero-order valence-corrected chi connectivity index (χ0v) is 12.9. The van der Waals surface area contributed by atoms with Crippen LogP contribution in [0.4, 0.5) is 5.69 Å². The molecule has 6 heteroatoms. The number of amides is 1. The van der Waals surface area contributed by atoms with Crippen LogP contribution in [0.1, 0.15) is 11.5 Å². The number of nitrogens with one attached hydrogen (secondary N) is 1. The molecule has 1 N–H and O–H groups in total. The summed E-state index contributed by atoms with van der Waals surface area (Å²) >= 11 is 12.9. The zero-order chi connectivity index (χ0) is 15.0. The Morgan fingerprint density at radius 1 is 1.14 bits per heavy atom. The van der Waals surface area contributed by atoms with Crippen LogP contribution < -0.4 is 5.32 Å². The van der Waals surface area contributed by atoms with Gasteiger partial charge in [0.25, 0.3) is 0 Å². The number of thioether (sulfide) groups is 1. The molecule has 0 aromatic heterocycles. The van der Waals surface area contributed by atoms with Gasteiger partial charge in [-0.3, -0.25) is 9.59 Å². The molecule has 0 spiro atoms. The predicted molar refractivity (Wildman–Crippen MR) is 85.1 cm³/mol. The summed E-state index contributed by atoms with van der Waals surface area (Å²) in [5.41, 5.74) is 1.17. The van der Waals surface area contributed by atoms with Gasteiger partial charge in [0.2, 0.25) is 11.0 Å². The third kappa shape index (κ3) is 2.79. The van der Waals surface area contributed by atoms with Gasteiger partial charge in [-0.05, 0) is 29.8 Å². The Morgan fingerprint density at radius 2 is 1.90 bits per heavy atom. The fourth-order valence-corrected chi connectivity index (χ4v) is 3.62. The normalized spacial score (nSPS) is 16.7. The molecule has 1 atom stereocenters. The van der Waals surface area contributed by atoms with Crippen LogP contribution in [0, 0.1) is 0 Å². The van der Waals surface area contributed by atoms with Crippen LogP contribution in [0.15, 0.2) is 47.4 Å². The number of benzene rings is 2. The minimum atomic E-state index is -0.807. The van der Waals surface area contributed by atoms with Gasteiger partial charge < -0.3 is 5.32 Å². The van der Waals surface area contributed by atoms with Crippen LogP contribution in [0.25, 0.3) is 0 Å². The van der Waals surface area contributed by atoms with Gasteiger partial charge in [0.05, 0.1) is 10.7 Å². The molecule has 0 saturated carbocycles. The molecule has 0 aliphatic carbocycles. The van der Waals surface area contributed by atoms with E-state index >= 15 is 0 Å². The number of halogens is 2. The van der Waals surface area contributed by atoms with Crippen LogP contribution in [0.3, 0.4) is 0 Å². The third-order valence-corrected chi connectivity index (χ3v) is 4.70. The van der Waals surface area contributed by atoms with Crippen molar-refractivity contribution in [3.05, 3.63) is 58.1 Å². The van der Waals surface area contributed by atoms with E-state index in [9.17, 15) is 9.59 Å². The fraction of sp³-hybridized carbons (Fsp3) is 0.0667. The van der Waals surface area contributed by atoms with E-state index < -0.39 is 5.92 Å². The number of carbonyl (C=O) groups is 2. The Labute approximate surface area is 135 Å². The summed E-state index contributed by atoms with van der Waals surface area (Å²) in [5.74, 6) is -1.19. The van der Waals surface area contributed by atoms with Crippen molar-refractivity contribution >= 4 is 51.7 Å². The molecule has 1 unspecified atom stereocenters. The highest BCUT2D eigenvalue weighted by Crippen LogP contribution is 2.41. The summed E-state index contributed by atoms with van der Waals surface area (Å²) < 4.78 is 0. The molecule has 1 aliphatic rings. The molecule has 1 aliphatic heterocycles. The molecule has 0 radical (unpaired) electrons. The first-order chi connectivity index (χ1) is 10.1. The first kappa shape index (κ1) is 14.4. The van der Waals surface area contributed by atoms with E-state index in [0.717, 1.165) is 22.2 Å². The average Bonchev–Trinajstić information content (AvgIpc) is 2.77. The van der Waals surface area contributed by atoms with Gasteiger partial charge in [-0.2, -0.15) is 0 Å². The molecule has 3 rings (SSSR count). The molecule has 0 saturated heterocycles. The summed E-state index contributed by atoms with van der Waals surface area (Å²) in [5, 5.41) is 3.32. The Kier molecular flexibility index (Phi) is 3.93. The molecule has 0 bridgehead atoms. The van der Waals surface area contributed by atoms with E-state index in [-0.39, 0.29) is 11.0 Å². The first-order valence-corrected chi connectivity index (χ1v) is 7.70. The highest BCUT2D eigenvalue weighted by molar-refractivity contribution is 8.14. The van der Waals surface area contributed by atoms with Gasteiger partial charge in [0, 0.05) is 9.92 Å². The SMILES string of the molecule is O=C(Nc1ccc(Cl)cc1Cl)C1C(=O)Sc2ccccc21. The molecule has 0 fully saturated rings. The Bertz CT molecular complexity index is 748. The Balaban J connectivity index is 1.87. The minimum Gasteiger partial charge on any atom is -0.324 e. The average molecular weight is 338 g/mol. The van der Waals surface area contributed by atoms with Crippen molar-refractivity contribution in [2.45, 2.75) is 10.8 Å². The molecule has 21 heavy (non-hydrogen) atoms. The lowest BCUT2D eigenvalue weighted by molar-refractivity contribution is -0.123. The summed E-state index contributed by atoms with van der Waals surface area (Å²) in [6.45, 7) is 0. The second-order valence-electron chi connectivity index (χ2n) is 4.51. The minimum absolute atomic E-state index is 0.182. The lowest BCUT2D eigenvalue weighted by Crippen LogP contribution is -2.23. The van der Waals surface area contributed by atoms with Gasteiger partial charge in [-0.25, -0.2) is 0 Å². The largest absolute Gasteiger partial charge is 0.324 e. The maximum absolute atomic E-state index is 12.4. The van der Waals surface area contributed by atoms with Crippen LogP contribution in [0.5, 0.6) is 0 Å². The maximum atomic E-state index is 12.4. The summed E-state index contributed by atoms with van der Waals surface area (Å²) in [6, 6.07) is 12.1. The maximum Gasteiger partial charge on any atom is 0.240 e. The van der Waals surface area contributed by atoms with Crippen molar-refractivity contribution < 1.29 is 9.59 Å². The van der Waals surface area contributed by atoms with E-state index in [1.165, 1.54) is 6.07 Å². The number of rotatable bonds is 2. The van der Waals surface area contributed by atoms with Gasteiger partial charge in [0.1, 0.15) is 5.92 Å². The molecule has 1 amide bonds. The standard InChI is InChI=1S/C15H9Cl2NO2S/c16-8-5-6-11(10(17)7-8)18-14(19)13-9-3-1-2-4-12(9)21-15(13)20/h1-7,13H,(H,18,19). The number of hydrogen-bond acceptors (Lipinski definition) is 3. The van der Waals surface area contributed by atoms with Crippen molar-refractivity contribution in [2.24, 2.45) is 0 Å². The van der Waals surface area contributed by atoms with E-state index in [1.807, 2.05) is 18.2 Å². The summed E-state index contributed by atoms with van der Waals surface area (Å²) in [4.78, 5) is 25.3. The number of carbonyl (C=O) groups excluding carboxylic acids is 2. The Hall–Kier alpha value is -1.49. The Morgan fingerprint density at radius 3 is 2.67 bits per heavy atom. The van der Waals surface area contributed by atoms with Crippen LogP contribution in [-0.2, 0) is 9.59 Å². The predicted octanol–water partition coefficient (Wildman–Crippen LogP) is 4.35. The molecule has 1 heterocycles. The van der Waals surface area contributed by atoms with Gasteiger partial charge >= 0.3 is 0 Å². The highest BCUT2D eigenvalue weighted by Gasteiger charge is 2.37. The molecule has 2 aromatic carbocycles. The monoisotopic (exact) mass is 337 g/mol. The number of anilines is 1. The third-order valence-electron chi connectivity index (χ3n) is 3.13. The van der Waals surface area contributed by atoms with Crippen LogP contribution >= 0.6 is 35.0 Å². The second-order valence-corrected chi connectivity index (χ2v) is 6.40. The molecule has 106 valence electrons. The van der Waals surface area contributed by atoms with Gasteiger partial charge in [0.15, 0.2) is 0 Å². The van der Waals surface area contributed by atoms with E-state index in [4.69, 9.17) is 23.2 Å². The van der Waals surface area contributed by atoms with Crippen LogP contribution in [0.2, 0.25) is 10.0 Å². The molecular weight excluding hydrogens is 329 g/mol. The lowest BCUT2D eigenvalue weighted by atomic mass is 10.00. The van der Waals surface area contributed by atoms with Crippen LogP contribution in [-0.4, -0.2) is 11.0 Å². The van der Waals surface area contributed by atoms with Crippen molar-refractivity contribution in [1.82, 2.24) is 0 Å².